The van der Waals surface area contributed by atoms with Crippen molar-refractivity contribution >= 4 is 11.6 Å². The molecule has 0 fully saturated rings. The van der Waals surface area contributed by atoms with E-state index < -0.39 is 11.9 Å². The quantitative estimate of drug-likeness (QED) is 0.768. The highest BCUT2D eigenvalue weighted by molar-refractivity contribution is 6.31. The van der Waals surface area contributed by atoms with Crippen LogP contribution in [0.2, 0.25) is 5.02 Å². The Kier molecular flexibility index (Phi) is 3.25. The molecule has 0 bridgehead atoms. The Labute approximate surface area is 81.7 Å². The minimum atomic E-state index is -0.462. The van der Waals surface area contributed by atoms with Crippen molar-refractivity contribution in [2.45, 2.75) is 13.0 Å². The van der Waals surface area contributed by atoms with Crippen LogP contribution >= 0.6 is 11.6 Å². The maximum Gasteiger partial charge on any atom is 0.129 e. The summed E-state index contributed by atoms with van der Waals surface area (Å²) in [4.78, 5) is 0. The largest absolute Gasteiger partial charge is 0.329 e. The van der Waals surface area contributed by atoms with Crippen molar-refractivity contribution in [2.24, 2.45) is 11.5 Å². The number of benzene rings is 1. The maximum absolute atomic E-state index is 13.2. The molecular weight excluding hydrogens is 191 g/mol. The van der Waals surface area contributed by atoms with Gasteiger partial charge in [0.15, 0.2) is 0 Å². The van der Waals surface area contributed by atoms with Gasteiger partial charge in [-0.25, -0.2) is 4.39 Å². The van der Waals surface area contributed by atoms with Crippen LogP contribution in [-0.2, 0) is 0 Å². The van der Waals surface area contributed by atoms with Crippen molar-refractivity contribution < 1.29 is 4.39 Å². The van der Waals surface area contributed by atoms with Gasteiger partial charge >= 0.3 is 0 Å². The third-order valence-corrected chi connectivity index (χ3v) is 2.34. The first-order valence-electron chi connectivity index (χ1n) is 3.97. The molecule has 0 heterocycles. The number of nitrogens with two attached hydrogens (primary N) is 2. The van der Waals surface area contributed by atoms with Crippen LogP contribution in [0.5, 0.6) is 0 Å². The number of halogens is 2. The molecule has 0 aliphatic heterocycles. The van der Waals surface area contributed by atoms with E-state index in [0.29, 0.717) is 10.6 Å². The van der Waals surface area contributed by atoms with E-state index in [0.717, 1.165) is 5.56 Å². The second-order valence-electron chi connectivity index (χ2n) is 2.97. The van der Waals surface area contributed by atoms with Crippen molar-refractivity contribution in [1.82, 2.24) is 0 Å². The molecule has 2 nitrogen and oxygen atoms in total. The first-order valence-corrected chi connectivity index (χ1v) is 4.35. The lowest BCUT2D eigenvalue weighted by Gasteiger charge is -2.11. The highest BCUT2D eigenvalue weighted by atomic mass is 35.5. The van der Waals surface area contributed by atoms with Gasteiger partial charge in [0.25, 0.3) is 0 Å². The van der Waals surface area contributed by atoms with Gasteiger partial charge in [0.2, 0.25) is 0 Å². The van der Waals surface area contributed by atoms with Gasteiger partial charge in [0.1, 0.15) is 5.82 Å². The lowest BCUT2D eigenvalue weighted by Crippen LogP contribution is -2.22. The standard InChI is InChI=1S/C9H12ClFN2/c1-5-2-6(9(13)4-12)8(11)3-7(5)10/h2-3,9H,4,12-13H2,1H3/t9-/m0/s1. The van der Waals surface area contributed by atoms with Crippen LogP contribution < -0.4 is 11.5 Å². The molecule has 0 spiro atoms. The Bertz CT molecular complexity index is 315. The van der Waals surface area contributed by atoms with Gasteiger partial charge in [-0.3, -0.25) is 0 Å². The third kappa shape index (κ3) is 2.18. The first kappa shape index (κ1) is 10.4. The summed E-state index contributed by atoms with van der Waals surface area (Å²) >= 11 is 5.72. The average molecular weight is 203 g/mol. The molecule has 72 valence electrons. The fraction of sp³-hybridized carbons (Fsp3) is 0.333. The summed E-state index contributed by atoms with van der Waals surface area (Å²) in [6.07, 6.45) is 0. The van der Waals surface area contributed by atoms with Gasteiger partial charge in [0, 0.05) is 23.2 Å². The van der Waals surface area contributed by atoms with E-state index in [-0.39, 0.29) is 6.54 Å². The van der Waals surface area contributed by atoms with Gasteiger partial charge in [-0.1, -0.05) is 17.7 Å². The van der Waals surface area contributed by atoms with E-state index in [9.17, 15) is 4.39 Å². The molecular formula is C9H12ClFN2. The molecule has 0 amide bonds. The summed E-state index contributed by atoms with van der Waals surface area (Å²) in [6.45, 7) is 2.02. The summed E-state index contributed by atoms with van der Waals surface area (Å²) < 4.78 is 13.2. The molecule has 0 aromatic heterocycles. The molecule has 1 atom stereocenters. The lowest BCUT2D eigenvalue weighted by molar-refractivity contribution is 0.583. The van der Waals surface area contributed by atoms with Crippen LogP contribution in [0.4, 0.5) is 4.39 Å². The van der Waals surface area contributed by atoms with Crippen molar-refractivity contribution in [3.63, 3.8) is 0 Å². The zero-order valence-electron chi connectivity index (χ0n) is 7.35. The molecule has 0 saturated carbocycles. The van der Waals surface area contributed by atoms with E-state index in [4.69, 9.17) is 23.1 Å². The van der Waals surface area contributed by atoms with Crippen LogP contribution in [0, 0.1) is 12.7 Å². The number of rotatable bonds is 2. The molecule has 0 radical (unpaired) electrons. The van der Waals surface area contributed by atoms with E-state index in [1.807, 2.05) is 0 Å². The number of aryl methyl sites for hydroxylation is 1. The first-order chi connectivity index (χ1) is 6.06. The number of hydrogen-bond acceptors (Lipinski definition) is 2. The minimum Gasteiger partial charge on any atom is -0.329 e. The van der Waals surface area contributed by atoms with Gasteiger partial charge < -0.3 is 11.5 Å². The average Bonchev–Trinajstić information content (AvgIpc) is 2.10. The molecule has 0 aliphatic carbocycles. The SMILES string of the molecule is Cc1cc([C@@H](N)CN)c(F)cc1Cl. The molecule has 1 rings (SSSR count). The highest BCUT2D eigenvalue weighted by Gasteiger charge is 2.11. The number of hydrogen-bond donors (Lipinski definition) is 2. The van der Waals surface area contributed by atoms with Crippen molar-refractivity contribution in [2.75, 3.05) is 6.54 Å². The Morgan fingerprint density at radius 3 is 2.69 bits per heavy atom. The van der Waals surface area contributed by atoms with Gasteiger partial charge in [0.05, 0.1) is 0 Å². The molecule has 4 N–H and O–H groups in total. The van der Waals surface area contributed by atoms with E-state index in [2.05, 4.69) is 0 Å². The van der Waals surface area contributed by atoms with Crippen LogP contribution in [-0.4, -0.2) is 6.54 Å². The Morgan fingerprint density at radius 1 is 1.54 bits per heavy atom. The van der Waals surface area contributed by atoms with Crippen LogP contribution in [0.1, 0.15) is 17.2 Å². The summed E-state index contributed by atoms with van der Waals surface area (Å²) in [5.41, 5.74) is 12.2. The molecule has 13 heavy (non-hydrogen) atoms. The molecule has 1 aromatic rings. The molecule has 0 saturated heterocycles. The Hall–Kier alpha value is -0.640. The fourth-order valence-electron chi connectivity index (χ4n) is 1.09. The second kappa shape index (κ2) is 4.05. The summed E-state index contributed by atoms with van der Waals surface area (Å²) in [7, 11) is 0. The van der Waals surface area contributed by atoms with E-state index in [1.165, 1.54) is 6.07 Å². The minimum absolute atomic E-state index is 0.220. The lowest BCUT2D eigenvalue weighted by atomic mass is 10.0. The van der Waals surface area contributed by atoms with Gasteiger partial charge in [-0.15, -0.1) is 0 Å². The molecule has 1 aromatic carbocycles. The van der Waals surface area contributed by atoms with Gasteiger partial charge in [-0.2, -0.15) is 0 Å². The predicted molar refractivity (Wildman–Crippen MR) is 52.1 cm³/mol. The second-order valence-corrected chi connectivity index (χ2v) is 3.37. The molecule has 0 unspecified atom stereocenters. The summed E-state index contributed by atoms with van der Waals surface area (Å²) in [5, 5.41) is 0.408. The van der Waals surface area contributed by atoms with E-state index >= 15 is 0 Å². The van der Waals surface area contributed by atoms with E-state index in [1.54, 1.807) is 13.0 Å². The molecule has 0 aliphatic rings. The topological polar surface area (TPSA) is 52.0 Å². The Balaban J connectivity index is 3.15. The monoisotopic (exact) mass is 202 g/mol. The highest BCUT2D eigenvalue weighted by Crippen LogP contribution is 2.22. The third-order valence-electron chi connectivity index (χ3n) is 1.93. The van der Waals surface area contributed by atoms with Crippen LogP contribution in [0.3, 0.4) is 0 Å². The van der Waals surface area contributed by atoms with Crippen molar-refractivity contribution in [3.8, 4) is 0 Å². The smallest absolute Gasteiger partial charge is 0.129 e. The zero-order valence-corrected chi connectivity index (χ0v) is 8.11. The Morgan fingerprint density at radius 2 is 2.15 bits per heavy atom. The predicted octanol–water partition coefficient (Wildman–Crippen LogP) is 1.75. The summed E-state index contributed by atoms with van der Waals surface area (Å²) in [6, 6.07) is 2.44. The van der Waals surface area contributed by atoms with Crippen molar-refractivity contribution in [3.05, 3.63) is 34.1 Å². The van der Waals surface area contributed by atoms with Crippen LogP contribution in [0.15, 0.2) is 12.1 Å². The summed E-state index contributed by atoms with van der Waals surface area (Å²) in [5.74, 6) is -0.395. The van der Waals surface area contributed by atoms with Crippen molar-refractivity contribution in [1.29, 1.82) is 0 Å². The molecule has 4 heteroatoms. The fourth-order valence-corrected chi connectivity index (χ4v) is 1.24. The van der Waals surface area contributed by atoms with Crippen LogP contribution in [0.25, 0.3) is 0 Å². The normalized spacial score (nSPS) is 13.0. The maximum atomic E-state index is 13.2. The van der Waals surface area contributed by atoms with Gasteiger partial charge in [-0.05, 0) is 18.6 Å². The zero-order chi connectivity index (χ0) is 10.0.